The molecule has 2 fully saturated rings. The highest BCUT2D eigenvalue weighted by molar-refractivity contribution is 4.97. The highest BCUT2D eigenvalue weighted by Gasteiger charge is 2.43. The first-order chi connectivity index (χ1) is 7.92. The summed E-state index contributed by atoms with van der Waals surface area (Å²) in [5.41, 5.74) is 0.112. The lowest BCUT2D eigenvalue weighted by Gasteiger charge is -2.39. The van der Waals surface area contributed by atoms with Crippen molar-refractivity contribution in [1.29, 1.82) is 0 Å². The first kappa shape index (κ1) is 13.4. The molecule has 100 valence electrons. The molecule has 0 aromatic rings. The average Bonchev–Trinajstić information content (AvgIpc) is 2.55. The van der Waals surface area contributed by atoms with E-state index < -0.39 is 0 Å². The Hall–Kier alpha value is -0.0800. The zero-order valence-electron chi connectivity index (χ0n) is 11.9. The van der Waals surface area contributed by atoms with Gasteiger partial charge >= 0.3 is 0 Å². The van der Waals surface area contributed by atoms with Crippen LogP contribution >= 0.6 is 0 Å². The molecule has 2 aliphatic carbocycles. The van der Waals surface area contributed by atoms with Crippen molar-refractivity contribution in [2.75, 3.05) is 7.05 Å². The fourth-order valence-electron chi connectivity index (χ4n) is 3.69. The van der Waals surface area contributed by atoms with Crippen molar-refractivity contribution < 1.29 is 5.11 Å². The van der Waals surface area contributed by atoms with Crippen LogP contribution in [-0.4, -0.2) is 35.2 Å². The van der Waals surface area contributed by atoms with E-state index in [-0.39, 0.29) is 11.5 Å². The van der Waals surface area contributed by atoms with E-state index in [0.29, 0.717) is 12.1 Å². The maximum Gasteiger partial charge on any atom is 0.0746 e. The molecular weight excluding hydrogens is 210 g/mol. The molecular formula is C15H29NO. The molecule has 0 aromatic heterocycles. The Morgan fingerprint density at radius 3 is 2.12 bits per heavy atom. The number of likely N-dealkylation sites (N-methyl/N-ethyl adjacent to an activating group) is 1. The van der Waals surface area contributed by atoms with E-state index in [1.165, 1.54) is 25.7 Å². The van der Waals surface area contributed by atoms with Crippen LogP contribution in [0.5, 0.6) is 0 Å². The fourth-order valence-corrected chi connectivity index (χ4v) is 3.69. The molecule has 0 saturated heterocycles. The van der Waals surface area contributed by atoms with E-state index in [4.69, 9.17) is 0 Å². The quantitative estimate of drug-likeness (QED) is 0.800. The zero-order valence-corrected chi connectivity index (χ0v) is 11.9. The molecule has 17 heavy (non-hydrogen) atoms. The molecule has 0 bridgehead atoms. The Bertz CT molecular complexity index is 256. The van der Waals surface area contributed by atoms with Crippen LogP contribution in [0.4, 0.5) is 0 Å². The largest absolute Gasteiger partial charge is 0.391 e. The van der Waals surface area contributed by atoms with Crippen LogP contribution in [0.15, 0.2) is 0 Å². The van der Waals surface area contributed by atoms with Crippen molar-refractivity contribution in [3.63, 3.8) is 0 Å². The maximum absolute atomic E-state index is 10.4. The molecule has 0 radical (unpaired) electrons. The molecule has 2 saturated carbocycles. The minimum Gasteiger partial charge on any atom is -0.391 e. The monoisotopic (exact) mass is 239 g/mol. The van der Waals surface area contributed by atoms with E-state index in [9.17, 15) is 5.11 Å². The Labute approximate surface area is 106 Å². The lowest BCUT2D eigenvalue weighted by atomic mass is 9.85. The minimum atomic E-state index is -0.146. The maximum atomic E-state index is 10.4. The topological polar surface area (TPSA) is 23.5 Å². The van der Waals surface area contributed by atoms with Gasteiger partial charge in [-0.3, -0.25) is 4.90 Å². The van der Waals surface area contributed by atoms with Crippen LogP contribution in [0.2, 0.25) is 0 Å². The van der Waals surface area contributed by atoms with Gasteiger partial charge in [-0.1, -0.05) is 20.8 Å². The predicted octanol–water partition coefficient (Wildman–Crippen LogP) is 3.05. The van der Waals surface area contributed by atoms with E-state index in [0.717, 1.165) is 18.8 Å². The summed E-state index contributed by atoms with van der Waals surface area (Å²) in [6, 6.07) is 1.10. The zero-order chi connectivity index (χ0) is 12.6. The first-order valence-corrected chi connectivity index (χ1v) is 7.32. The molecule has 2 unspecified atom stereocenters. The highest BCUT2D eigenvalue weighted by Crippen LogP contribution is 2.41. The van der Waals surface area contributed by atoms with E-state index in [2.05, 4.69) is 32.7 Å². The van der Waals surface area contributed by atoms with Crippen LogP contribution < -0.4 is 0 Å². The second-order valence-corrected chi connectivity index (χ2v) is 7.12. The summed E-state index contributed by atoms with van der Waals surface area (Å²) in [6.07, 6.45) is 7.54. The van der Waals surface area contributed by atoms with Gasteiger partial charge in [0.1, 0.15) is 0 Å². The lowest BCUT2D eigenvalue weighted by molar-refractivity contribution is 0.00153. The van der Waals surface area contributed by atoms with Crippen molar-refractivity contribution in [1.82, 2.24) is 4.90 Å². The van der Waals surface area contributed by atoms with Gasteiger partial charge in [0.2, 0.25) is 0 Å². The van der Waals surface area contributed by atoms with Gasteiger partial charge < -0.3 is 5.11 Å². The van der Waals surface area contributed by atoms with Crippen LogP contribution in [0.3, 0.4) is 0 Å². The van der Waals surface area contributed by atoms with Gasteiger partial charge in [-0.15, -0.1) is 0 Å². The van der Waals surface area contributed by atoms with Gasteiger partial charge in [0.15, 0.2) is 0 Å². The number of hydrogen-bond donors (Lipinski definition) is 1. The minimum absolute atomic E-state index is 0.112. The lowest BCUT2D eigenvalue weighted by Crippen LogP contribution is -2.47. The third-order valence-corrected chi connectivity index (χ3v) is 5.33. The number of nitrogens with zero attached hydrogens (tertiary/aromatic N) is 1. The highest BCUT2D eigenvalue weighted by atomic mass is 16.3. The third-order valence-electron chi connectivity index (χ3n) is 5.33. The van der Waals surface area contributed by atoms with Crippen LogP contribution in [-0.2, 0) is 0 Å². The number of aliphatic hydroxyl groups excluding tert-OH is 1. The Morgan fingerprint density at radius 2 is 1.65 bits per heavy atom. The molecule has 0 spiro atoms. The number of rotatable bonds is 2. The number of aliphatic hydroxyl groups is 1. The summed E-state index contributed by atoms with van der Waals surface area (Å²) >= 11 is 0. The summed E-state index contributed by atoms with van der Waals surface area (Å²) in [6.45, 7) is 6.77. The molecule has 0 amide bonds. The Morgan fingerprint density at radius 1 is 1.06 bits per heavy atom. The molecule has 2 rings (SSSR count). The molecule has 2 aliphatic rings. The summed E-state index contributed by atoms with van der Waals surface area (Å²) in [7, 11) is 2.23. The second kappa shape index (κ2) is 4.89. The molecule has 1 N–H and O–H groups in total. The molecule has 0 heterocycles. The first-order valence-electron chi connectivity index (χ1n) is 7.32. The molecule has 0 aliphatic heterocycles. The van der Waals surface area contributed by atoms with E-state index in [1.54, 1.807) is 0 Å². The van der Waals surface area contributed by atoms with Gasteiger partial charge in [-0.05, 0) is 56.9 Å². The van der Waals surface area contributed by atoms with Crippen molar-refractivity contribution in [3.05, 3.63) is 0 Å². The van der Waals surface area contributed by atoms with Gasteiger partial charge in [-0.25, -0.2) is 0 Å². The Kier molecular flexibility index (Phi) is 3.84. The standard InChI is InChI=1S/C15H29NO/c1-11-5-7-12(8-6-11)16(4)13-9-10-15(2,3)14(13)17/h11-14,17H,5-10H2,1-4H3. The van der Waals surface area contributed by atoms with Gasteiger partial charge in [-0.2, -0.15) is 0 Å². The molecule has 0 aromatic carbocycles. The Balaban J connectivity index is 1.94. The van der Waals surface area contributed by atoms with Gasteiger partial charge in [0, 0.05) is 12.1 Å². The smallest absolute Gasteiger partial charge is 0.0746 e. The number of hydrogen-bond acceptors (Lipinski definition) is 2. The van der Waals surface area contributed by atoms with Crippen LogP contribution in [0.1, 0.15) is 59.3 Å². The van der Waals surface area contributed by atoms with E-state index >= 15 is 0 Å². The third kappa shape index (κ3) is 2.68. The SMILES string of the molecule is CC1CCC(N(C)C2CCC(C)(C)C2O)CC1. The van der Waals surface area contributed by atoms with Crippen molar-refractivity contribution in [2.24, 2.45) is 11.3 Å². The van der Waals surface area contributed by atoms with E-state index in [1.807, 2.05) is 0 Å². The molecule has 2 nitrogen and oxygen atoms in total. The molecule has 2 atom stereocenters. The summed E-state index contributed by atoms with van der Waals surface area (Å²) < 4.78 is 0. The van der Waals surface area contributed by atoms with Crippen LogP contribution in [0, 0.1) is 11.3 Å². The van der Waals surface area contributed by atoms with Gasteiger partial charge in [0.05, 0.1) is 6.10 Å². The summed E-state index contributed by atoms with van der Waals surface area (Å²) in [5.74, 6) is 0.907. The predicted molar refractivity (Wildman–Crippen MR) is 72.0 cm³/mol. The second-order valence-electron chi connectivity index (χ2n) is 7.12. The normalized spacial score (nSPS) is 42.0. The molecule has 2 heteroatoms. The summed E-state index contributed by atoms with van der Waals surface area (Å²) in [4.78, 5) is 2.49. The fraction of sp³-hybridized carbons (Fsp3) is 1.00. The summed E-state index contributed by atoms with van der Waals surface area (Å²) in [5, 5.41) is 10.4. The van der Waals surface area contributed by atoms with Crippen molar-refractivity contribution >= 4 is 0 Å². The van der Waals surface area contributed by atoms with Crippen LogP contribution in [0.25, 0.3) is 0 Å². The van der Waals surface area contributed by atoms with Crippen molar-refractivity contribution in [2.45, 2.75) is 77.5 Å². The van der Waals surface area contributed by atoms with Crippen molar-refractivity contribution in [3.8, 4) is 0 Å². The van der Waals surface area contributed by atoms with Gasteiger partial charge in [0.25, 0.3) is 0 Å². The average molecular weight is 239 g/mol.